The van der Waals surface area contributed by atoms with Gasteiger partial charge in [0, 0.05) is 0 Å². The highest BCUT2D eigenvalue weighted by atomic mass is 16.6. The Morgan fingerprint density at radius 2 is 1.58 bits per heavy atom. The van der Waals surface area contributed by atoms with Crippen LogP contribution in [-0.2, 0) is 16.0 Å². The molecule has 2 aliphatic carbocycles. The summed E-state index contributed by atoms with van der Waals surface area (Å²) in [4.78, 5) is 12.6. The van der Waals surface area contributed by atoms with E-state index in [9.17, 15) is 4.79 Å². The van der Waals surface area contributed by atoms with Gasteiger partial charge in [0.1, 0.15) is 5.60 Å². The van der Waals surface area contributed by atoms with Crippen molar-refractivity contribution >= 4 is 5.97 Å². The highest BCUT2D eigenvalue weighted by Gasteiger charge is 2.63. The van der Waals surface area contributed by atoms with Crippen LogP contribution in [0, 0.1) is 16.2 Å². The summed E-state index contributed by atoms with van der Waals surface area (Å²) in [5, 5.41) is 0. The Morgan fingerprint density at radius 1 is 1.04 bits per heavy atom. The van der Waals surface area contributed by atoms with Gasteiger partial charge in [-0.05, 0) is 74.7 Å². The Kier molecular flexibility index (Phi) is 4.09. The van der Waals surface area contributed by atoms with Crippen molar-refractivity contribution in [3.63, 3.8) is 0 Å². The number of carbonyl (C=O) groups excluding carboxylic acids is 1. The van der Waals surface area contributed by atoms with Crippen molar-refractivity contribution in [2.45, 2.75) is 78.7 Å². The van der Waals surface area contributed by atoms with E-state index in [-0.39, 0.29) is 11.4 Å². The van der Waals surface area contributed by atoms with Crippen LogP contribution in [0.1, 0.15) is 72.3 Å². The Bertz CT molecular complexity index is 595. The summed E-state index contributed by atoms with van der Waals surface area (Å²) in [6, 6.07) is 10.7. The van der Waals surface area contributed by atoms with E-state index in [0.29, 0.717) is 17.3 Å². The Labute approximate surface area is 147 Å². The monoisotopic (exact) mass is 328 g/mol. The summed E-state index contributed by atoms with van der Waals surface area (Å²) in [6.07, 6.45) is 6.42. The molecular weight excluding hydrogens is 296 g/mol. The minimum atomic E-state index is -0.406. The number of rotatable bonds is 4. The average Bonchev–Trinajstić information content (AvgIpc) is 2.57. The third kappa shape index (κ3) is 3.25. The second-order valence-electron chi connectivity index (χ2n) is 9.90. The molecule has 132 valence electrons. The summed E-state index contributed by atoms with van der Waals surface area (Å²) >= 11 is 0. The lowest BCUT2D eigenvalue weighted by atomic mass is 9.53. The number of esters is 1. The van der Waals surface area contributed by atoms with Crippen molar-refractivity contribution < 1.29 is 9.53 Å². The first-order valence-electron chi connectivity index (χ1n) is 9.31. The SMILES string of the molecule is CC(C)(C)OC(=O)CC1(Cc2ccccc2)C[C@]2(C)CC[C@]2(C)C1. The van der Waals surface area contributed by atoms with Crippen LogP contribution in [0.5, 0.6) is 0 Å². The lowest BCUT2D eigenvalue weighted by molar-refractivity contribution is -0.157. The van der Waals surface area contributed by atoms with Gasteiger partial charge in [-0.25, -0.2) is 0 Å². The highest BCUT2D eigenvalue weighted by molar-refractivity contribution is 5.71. The number of fused-ring (bicyclic) bond motifs is 1. The molecule has 0 radical (unpaired) electrons. The molecule has 0 aliphatic heterocycles. The summed E-state index contributed by atoms with van der Waals surface area (Å²) in [5.74, 6) is -0.0352. The molecule has 2 heteroatoms. The summed E-state index contributed by atoms with van der Waals surface area (Å²) < 4.78 is 5.68. The quantitative estimate of drug-likeness (QED) is 0.678. The molecule has 2 aliphatic rings. The van der Waals surface area contributed by atoms with Crippen molar-refractivity contribution in [2.75, 3.05) is 0 Å². The molecule has 0 bridgehead atoms. The van der Waals surface area contributed by atoms with Crippen LogP contribution in [0.25, 0.3) is 0 Å². The highest BCUT2D eigenvalue weighted by Crippen LogP contribution is 2.72. The zero-order valence-corrected chi connectivity index (χ0v) is 15.9. The molecule has 1 aromatic carbocycles. The molecule has 0 spiro atoms. The molecule has 0 heterocycles. The van der Waals surface area contributed by atoms with E-state index in [2.05, 4.69) is 44.2 Å². The van der Waals surface area contributed by atoms with Gasteiger partial charge in [0.25, 0.3) is 0 Å². The van der Waals surface area contributed by atoms with Crippen LogP contribution < -0.4 is 0 Å². The molecular formula is C22H32O2. The van der Waals surface area contributed by atoms with E-state index in [4.69, 9.17) is 4.74 Å². The summed E-state index contributed by atoms with van der Waals surface area (Å²) in [6.45, 7) is 10.7. The lowest BCUT2D eigenvalue weighted by Crippen LogP contribution is -2.42. The van der Waals surface area contributed by atoms with Gasteiger partial charge >= 0.3 is 5.97 Å². The van der Waals surface area contributed by atoms with Crippen LogP contribution in [0.2, 0.25) is 0 Å². The van der Waals surface area contributed by atoms with Crippen LogP contribution in [0.4, 0.5) is 0 Å². The van der Waals surface area contributed by atoms with Gasteiger partial charge in [-0.2, -0.15) is 0 Å². The minimum Gasteiger partial charge on any atom is -0.460 e. The fourth-order valence-electron chi connectivity index (χ4n) is 5.33. The molecule has 0 amide bonds. The number of ether oxygens (including phenoxy) is 1. The minimum absolute atomic E-state index is 0.0352. The van der Waals surface area contributed by atoms with Crippen LogP contribution >= 0.6 is 0 Å². The molecule has 2 saturated carbocycles. The molecule has 2 nitrogen and oxygen atoms in total. The first-order valence-corrected chi connectivity index (χ1v) is 9.31. The first kappa shape index (κ1) is 17.5. The summed E-state index contributed by atoms with van der Waals surface area (Å²) in [7, 11) is 0. The Balaban J connectivity index is 1.84. The number of carbonyl (C=O) groups is 1. The zero-order valence-electron chi connectivity index (χ0n) is 15.9. The van der Waals surface area contributed by atoms with E-state index < -0.39 is 5.60 Å². The lowest BCUT2D eigenvalue weighted by Gasteiger charge is -2.52. The maximum Gasteiger partial charge on any atom is 0.306 e. The predicted octanol–water partition coefficient (Wildman–Crippen LogP) is 5.55. The molecule has 1 aromatic rings. The van der Waals surface area contributed by atoms with E-state index in [0.717, 1.165) is 19.3 Å². The normalized spacial score (nSPS) is 35.2. The van der Waals surface area contributed by atoms with Crippen molar-refractivity contribution in [3.8, 4) is 0 Å². The maximum absolute atomic E-state index is 12.6. The van der Waals surface area contributed by atoms with Crippen molar-refractivity contribution in [3.05, 3.63) is 35.9 Å². The van der Waals surface area contributed by atoms with E-state index in [1.54, 1.807) is 0 Å². The fourth-order valence-corrected chi connectivity index (χ4v) is 5.33. The Morgan fingerprint density at radius 3 is 2.04 bits per heavy atom. The number of hydrogen-bond acceptors (Lipinski definition) is 2. The molecule has 0 N–H and O–H groups in total. The van der Waals surface area contributed by atoms with Crippen LogP contribution in [0.3, 0.4) is 0 Å². The maximum atomic E-state index is 12.6. The van der Waals surface area contributed by atoms with Gasteiger partial charge in [0.2, 0.25) is 0 Å². The van der Waals surface area contributed by atoms with E-state index in [1.165, 1.54) is 18.4 Å². The molecule has 24 heavy (non-hydrogen) atoms. The largest absolute Gasteiger partial charge is 0.460 e. The second kappa shape index (κ2) is 5.61. The third-order valence-electron chi connectivity index (χ3n) is 6.58. The molecule has 1 unspecified atom stereocenters. The standard InChI is InChI=1S/C22H32O2/c1-19(2,3)24-18(23)14-22(13-17-9-7-6-8-10-17)15-20(4)11-12-21(20,5)16-22/h6-10H,11-16H2,1-5H3/t20-,21+,22?. The van der Waals surface area contributed by atoms with Gasteiger partial charge in [-0.1, -0.05) is 44.2 Å². The van der Waals surface area contributed by atoms with Crippen molar-refractivity contribution in [1.29, 1.82) is 0 Å². The second-order valence-corrected chi connectivity index (χ2v) is 9.90. The van der Waals surface area contributed by atoms with Gasteiger partial charge in [0.05, 0.1) is 6.42 Å². The first-order chi connectivity index (χ1) is 11.1. The number of hydrogen-bond donors (Lipinski definition) is 0. The molecule has 0 saturated heterocycles. The van der Waals surface area contributed by atoms with Gasteiger partial charge in [0.15, 0.2) is 0 Å². The molecule has 3 atom stereocenters. The van der Waals surface area contributed by atoms with Crippen molar-refractivity contribution in [1.82, 2.24) is 0 Å². The van der Waals surface area contributed by atoms with Gasteiger partial charge in [-0.3, -0.25) is 4.79 Å². The van der Waals surface area contributed by atoms with E-state index >= 15 is 0 Å². The van der Waals surface area contributed by atoms with Crippen LogP contribution in [0.15, 0.2) is 30.3 Å². The van der Waals surface area contributed by atoms with Crippen LogP contribution in [-0.4, -0.2) is 11.6 Å². The molecule has 3 rings (SSSR count). The average molecular weight is 328 g/mol. The fraction of sp³-hybridized carbons (Fsp3) is 0.682. The van der Waals surface area contributed by atoms with Gasteiger partial charge < -0.3 is 4.74 Å². The van der Waals surface area contributed by atoms with E-state index in [1.807, 2.05) is 20.8 Å². The third-order valence-corrected chi connectivity index (χ3v) is 6.58. The number of benzene rings is 1. The molecule has 0 aromatic heterocycles. The predicted molar refractivity (Wildman–Crippen MR) is 97.7 cm³/mol. The summed E-state index contributed by atoms with van der Waals surface area (Å²) in [5.41, 5.74) is 1.77. The van der Waals surface area contributed by atoms with Gasteiger partial charge in [-0.15, -0.1) is 0 Å². The smallest absolute Gasteiger partial charge is 0.306 e. The Hall–Kier alpha value is -1.31. The topological polar surface area (TPSA) is 26.3 Å². The molecule has 2 fully saturated rings. The zero-order chi connectivity index (χ0) is 17.6. The van der Waals surface area contributed by atoms with Crippen molar-refractivity contribution in [2.24, 2.45) is 16.2 Å².